The molecule has 1 N–H and O–H groups in total. The van der Waals surface area contributed by atoms with Gasteiger partial charge in [-0.05, 0) is 108 Å². The molecule has 0 radical (unpaired) electrons. The standard InChI is InChI=1S/C22H14Br4N4O4/c1-9-7-10(2)28-22(27-9)29-11-3-5-12(6-4-11)34-13(31)8-30-20(32)14-15(21(30)33)17(24)19(26)18(25)16(14)23/h3-7H,8H2,1-2H3,(H,27,28,29). The molecule has 1 aliphatic heterocycles. The Bertz CT molecular complexity index is 1290. The second-order valence-electron chi connectivity index (χ2n) is 7.30. The van der Waals surface area contributed by atoms with E-state index in [-0.39, 0.29) is 16.9 Å². The van der Waals surface area contributed by atoms with Crippen molar-refractivity contribution in [3.05, 3.63) is 70.7 Å². The predicted molar refractivity (Wildman–Crippen MR) is 139 cm³/mol. The normalized spacial score (nSPS) is 12.7. The van der Waals surface area contributed by atoms with Gasteiger partial charge in [-0.2, -0.15) is 0 Å². The third-order valence-electron chi connectivity index (χ3n) is 4.80. The highest BCUT2D eigenvalue weighted by molar-refractivity contribution is 9.15. The van der Waals surface area contributed by atoms with Gasteiger partial charge in [-0.15, -0.1) is 0 Å². The van der Waals surface area contributed by atoms with Gasteiger partial charge in [0.05, 0.1) is 11.1 Å². The highest BCUT2D eigenvalue weighted by atomic mass is 79.9. The molecule has 4 rings (SSSR count). The predicted octanol–water partition coefficient (Wildman–Crippen LogP) is 6.09. The first-order valence-corrected chi connectivity index (χ1v) is 12.9. The van der Waals surface area contributed by atoms with Crippen LogP contribution in [0.25, 0.3) is 0 Å². The van der Waals surface area contributed by atoms with Gasteiger partial charge in [-0.1, -0.05) is 0 Å². The van der Waals surface area contributed by atoms with Crippen molar-refractivity contribution in [2.24, 2.45) is 0 Å². The van der Waals surface area contributed by atoms with E-state index >= 15 is 0 Å². The van der Waals surface area contributed by atoms with Crippen molar-refractivity contribution >= 4 is 93.1 Å². The Labute approximate surface area is 228 Å². The fourth-order valence-electron chi connectivity index (χ4n) is 3.35. The average molecular weight is 718 g/mol. The molecule has 2 aromatic carbocycles. The van der Waals surface area contributed by atoms with E-state index in [4.69, 9.17) is 4.74 Å². The third kappa shape index (κ3) is 4.81. The van der Waals surface area contributed by atoms with E-state index < -0.39 is 24.3 Å². The Morgan fingerprint density at radius 3 is 1.88 bits per heavy atom. The minimum atomic E-state index is -0.752. The molecule has 0 bridgehead atoms. The molecule has 0 fully saturated rings. The molecule has 2 amide bonds. The van der Waals surface area contributed by atoms with Crippen molar-refractivity contribution in [3.63, 3.8) is 0 Å². The van der Waals surface area contributed by atoms with E-state index in [1.54, 1.807) is 24.3 Å². The van der Waals surface area contributed by atoms with Crippen molar-refractivity contribution in [1.82, 2.24) is 14.9 Å². The van der Waals surface area contributed by atoms with Crippen LogP contribution in [0.4, 0.5) is 11.6 Å². The number of esters is 1. The Morgan fingerprint density at radius 1 is 0.882 bits per heavy atom. The summed E-state index contributed by atoms with van der Waals surface area (Å²) in [6.07, 6.45) is 0. The molecule has 0 spiro atoms. The van der Waals surface area contributed by atoms with Crippen LogP contribution >= 0.6 is 63.7 Å². The number of nitrogens with one attached hydrogen (secondary N) is 1. The van der Waals surface area contributed by atoms with Gasteiger partial charge in [0.15, 0.2) is 0 Å². The molecular weight excluding hydrogens is 704 g/mol. The number of hydrogen-bond donors (Lipinski definition) is 1. The quantitative estimate of drug-likeness (QED) is 0.112. The first-order chi connectivity index (χ1) is 16.1. The maximum atomic E-state index is 12.9. The number of rotatable bonds is 5. The molecule has 8 nitrogen and oxygen atoms in total. The molecule has 0 saturated heterocycles. The third-order valence-corrected chi connectivity index (χ3v) is 9.56. The van der Waals surface area contributed by atoms with Gasteiger partial charge in [-0.3, -0.25) is 14.5 Å². The zero-order valence-corrected chi connectivity index (χ0v) is 23.9. The van der Waals surface area contributed by atoms with E-state index in [1.165, 1.54) is 0 Å². The van der Waals surface area contributed by atoms with E-state index in [0.717, 1.165) is 16.3 Å². The summed E-state index contributed by atoms with van der Waals surface area (Å²) < 4.78 is 7.32. The largest absolute Gasteiger partial charge is 0.425 e. The average Bonchev–Trinajstić information content (AvgIpc) is 3.01. The molecule has 1 aromatic heterocycles. The number of hydrogen-bond acceptors (Lipinski definition) is 7. The van der Waals surface area contributed by atoms with Gasteiger partial charge in [0.1, 0.15) is 12.3 Å². The van der Waals surface area contributed by atoms with Crippen LogP contribution in [0, 0.1) is 13.8 Å². The van der Waals surface area contributed by atoms with Gasteiger partial charge in [0.2, 0.25) is 5.95 Å². The van der Waals surface area contributed by atoms with Crippen LogP contribution in [0.3, 0.4) is 0 Å². The molecule has 0 aliphatic carbocycles. The minimum absolute atomic E-state index is 0.170. The number of aromatic nitrogens is 2. The summed E-state index contributed by atoms with van der Waals surface area (Å²) in [5.41, 5.74) is 2.73. The van der Waals surface area contributed by atoms with Crippen molar-refractivity contribution in [2.45, 2.75) is 13.8 Å². The Hall–Kier alpha value is -2.15. The number of aryl methyl sites for hydroxylation is 2. The Morgan fingerprint density at radius 2 is 1.38 bits per heavy atom. The van der Waals surface area contributed by atoms with Crippen LogP contribution in [0.1, 0.15) is 32.1 Å². The highest BCUT2D eigenvalue weighted by Gasteiger charge is 2.42. The Kier molecular flexibility index (Phi) is 7.22. The minimum Gasteiger partial charge on any atom is -0.425 e. The van der Waals surface area contributed by atoms with Crippen LogP contribution < -0.4 is 10.1 Å². The molecule has 174 valence electrons. The summed E-state index contributed by atoms with van der Waals surface area (Å²) in [4.78, 5) is 47.8. The van der Waals surface area contributed by atoms with Gasteiger partial charge >= 0.3 is 5.97 Å². The Balaban J connectivity index is 1.45. The topological polar surface area (TPSA) is 101 Å². The van der Waals surface area contributed by atoms with Gasteiger partial charge in [-0.25, -0.2) is 14.8 Å². The second kappa shape index (κ2) is 9.84. The number of fused-ring (bicyclic) bond motifs is 1. The van der Waals surface area contributed by atoms with Crippen LogP contribution in [0.2, 0.25) is 0 Å². The first-order valence-electron chi connectivity index (χ1n) is 9.69. The number of amides is 2. The maximum absolute atomic E-state index is 12.9. The fourth-order valence-corrected chi connectivity index (χ4v) is 5.81. The maximum Gasteiger partial charge on any atom is 0.331 e. The second-order valence-corrected chi connectivity index (χ2v) is 10.5. The molecule has 12 heteroatoms. The van der Waals surface area contributed by atoms with Crippen LogP contribution in [0.15, 0.2) is 48.2 Å². The monoisotopic (exact) mass is 714 g/mol. The summed E-state index contributed by atoms with van der Waals surface area (Å²) in [7, 11) is 0. The van der Waals surface area contributed by atoms with Crippen molar-refractivity contribution in [3.8, 4) is 5.75 Å². The number of nitrogens with zero attached hydrogens (tertiary/aromatic N) is 3. The lowest BCUT2D eigenvalue weighted by molar-refractivity contribution is -0.134. The summed E-state index contributed by atoms with van der Waals surface area (Å²) in [5, 5.41) is 3.09. The lowest BCUT2D eigenvalue weighted by Crippen LogP contribution is -2.36. The smallest absolute Gasteiger partial charge is 0.331 e. The van der Waals surface area contributed by atoms with E-state index in [0.29, 0.717) is 29.5 Å². The van der Waals surface area contributed by atoms with E-state index in [1.807, 2.05) is 19.9 Å². The number of imide groups is 1. The van der Waals surface area contributed by atoms with Crippen LogP contribution in [-0.2, 0) is 4.79 Å². The lowest BCUT2D eigenvalue weighted by Gasteiger charge is -2.13. The summed E-state index contributed by atoms with van der Waals surface area (Å²) in [6.45, 7) is 3.23. The van der Waals surface area contributed by atoms with E-state index in [2.05, 4.69) is 79.0 Å². The number of halogens is 4. The van der Waals surface area contributed by atoms with Gasteiger partial charge in [0.25, 0.3) is 11.8 Å². The number of ether oxygens (including phenoxy) is 1. The molecule has 0 unspecified atom stereocenters. The van der Waals surface area contributed by atoms with Crippen molar-refractivity contribution in [2.75, 3.05) is 11.9 Å². The van der Waals surface area contributed by atoms with Crippen LogP contribution in [-0.4, -0.2) is 39.2 Å². The fraction of sp³-hybridized carbons (Fsp3) is 0.136. The molecule has 0 atom stereocenters. The molecule has 1 aliphatic rings. The molecule has 0 saturated carbocycles. The lowest BCUT2D eigenvalue weighted by atomic mass is 10.1. The molecule has 3 aromatic rings. The SMILES string of the molecule is Cc1cc(C)nc(Nc2ccc(OC(=O)CN3C(=O)c4c(Br)c(Br)c(Br)c(Br)c4C3=O)cc2)n1. The van der Waals surface area contributed by atoms with Crippen molar-refractivity contribution in [1.29, 1.82) is 0 Å². The number of benzene rings is 2. The summed E-state index contributed by atoms with van der Waals surface area (Å²) in [5.74, 6) is -1.21. The molecular formula is C22H14Br4N4O4. The van der Waals surface area contributed by atoms with Crippen molar-refractivity contribution < 1.29 is 19.1 Å². The molecule has 2 heterocycles. The summed E-state index contributed by atoms with van der Waals surface area (Å²) >= 11 is 13.4. The first kappa shape index (κ1) is 25.0. The number of carbonyl (C=O) groups excluding carboxylic acids is 3. The van der Waals surface area contributed by atoms with Gasteiger partial charge in [0, 0.05) is 35.0 Å². The zero-order valence-electron chi connectivity index (χ0n) is 17.6. The summed E-state index contributed by atoms with van der Waals surface area (Å²) in [6, 6.07) is 8.46. The van der Waals surface area contributed by atoms with Crippen LogP contribution in [0.5, 0.6) is 5.75 Å². The highest BCUT2D eigenvalue weighted by Crippen LogP contribution is 2.45. The number of carbonyl (C=O) groups is 3. The van der Waals surface area contributed by atoms with E-state index in [9.17, 15) is 14.4 Å². The molecule has 34 heavy (non-hydrogen) atoms. The van der Waals surface area contributed by atoms with Gasteiger partial charge < -0.3 is 10.1 Å². The number of anilines is 2. The zero-order chi connectivity index (χ0) is 24.7.